The van der Waals surface area contributed by atoms with Crippen LogP contribution in [0.1, 0.15) is 12.8 Å². The van der Waals surface area contributed by atoms with E-state index in [1.54, 1.807) is 11.8 Å². The molecular weight excluding hydrogens is 220 g/mol. The molecule has 0 amide bonds. The Balaban J connectivity index is 2.96. The first-order chi connectivity index (χ1) is 7.05. The summed E-state index contributed by atoms with van der Waals surface area (Å²) in [5, 5.41) is 18.1. The molecule has 0 saturated carbocycles. The van der Waals surface area contributed by atoms with E-state index in [0.29, 0.717) is 12.8 Å². The van der Waals surface area contributed by atoms with Gasteiger partial charge in [-0.25, -0.2) is 9.59 Å². The monoisotopic (exact) mass is 234 g/mol. The Morgan fingerprint density at radius 1 is 1.27 bits per heavy atom. The van der Waals surface area contributed by atoms with Gasteiger partial charge < -0.3 is 14.9 Å². The fourth-order valence-electron chi connectivity index (χ4n) is 1.89. The van der Waals surface area contributed by atoms with E-state index < -0.39 is 23.5 Å². The fourth-order valence-corrected chi connectivity index (χ4v) is 2.99. The minimum absolute atomic E-state index is 0.446. The zero-order valence-electron chi connectivity index (χ0n) is 8.43. The number of carboxylic acids is 2. The van der Waals surface area contributed by atoms with Gasteiger partial charge in [-0.15, -0.1) is 0 Å². The molecule has 1 fully saturated rings. The van der Waals surface area contributed by atoms with Crippen LogP contribution in [0.25, 0.3) is 0 Å². The van der Waals surface area contributed by atoms with E-state index in [2.05, 4.69) is 0 Å². The number of thioether (sulfide) groups is 1. The van der Waals surface area contributed by atoms with Gasteiger partial charge in [0.1, 0.15) is 0 Å². The minimum Gasteiger partial charge on any atom is -0.479 e. The average molecular weight is 234 g/mol. The summed E-state index contributed by atoms with van der Waals surface area (Å²) in [6, 6.07) is 0. The van der Waals surface area contributed by atoms with Gasteiger partial charge in [-0.05, 0) is 24.3 Å². The Morgan fingerprint density at radius 2 is 1.73 bits per heavy atom. The topological polar surface area (TPSA) is 83.8 Å². The van der Waals surface area contributed by atoms with Gasteiger partial charge in [0.15, 0.2) is 0 Å². The Hall–Kier alpha value is -0.750. The molecule has 0 radical (unpaired) electrons. The summed E-state index contributed by atoms with van der Waals surface area (Å²) in [6.07, 6.45) is 1.13. The maximum atomic E-state index is 11.1. The van der Waals surface area contributed by atoms with Gasteiger partial charge in [-0.3, -0.25) is 0 Å². The highest BCUT2D eigenvalue weighted by atomic mass is 32.2. The lowest BCUT2D eigenvalue weighted by Gasteiger charge is -2.34. The first kappa shape index (κ1) is 12.3. The average Bonchev–Trinajstić information content (AvgIpc) is 2.20. The molecule has 1 heterocycles. The van der Waals surface area contributed by atoms with Crippen molar-refractivity contribution in [2.75, 3.05) is 18.6 Å². The number of rotatable bonds is 4. The molecule has 0 aromatic heterocycles. The van der Waals surface area contributed by atoms with E-state index in [4.69, 9.17) is 14.9 Å². The molecular formula is C9H14O5S. The van der Waals surface area contributed by atoms with Crippen LogP contribution in [0.5, 0.6) is 0 Å². The number of aliphatic carboxylic acids is 2. The molecule has 0 aromatic carbocycles. The molecule has 0 bridgehead atoms. The van der Waals surface area contributed by atoms with E-state index >= 15 is 0 Å². The third-order valence-corrected chi connectivity index (χ3v) is 3.80. The summed E-state index contributed by atoms with van der Waals surface area (Å²) >= 11 is 1.71. The number of hydrogen-bond acceptors (Lipinski definition) is 4. The van der Waals surface area contributed by atoms with Crippen molar-refractivity contribution in [3.8, 4) is 0 Å². The highest BCUT2D eigenvalue weighted by Crippen LogP contribution is 2.34. The normalized spacial score (nSPS) is 18.7. The molecule has 0 atom stereocenters. The molecule has 0 aliphatic carbocycles. The third kappa shape index (κ3) is 2.10. The SMILES string of the molecule is COC(C(=O)O)(C(=O)O)C1CCSCC1. The largest absolute Gasteiger partial charge is 0.479 e. The molecule has 86 valence electrons. The van der Waals surface area contributed by atoms with E-state index in [1.165, 1.54) is 0 Å². The van der Waals surface area contributed by atoms with Gasteiger partial charge in [0.05, 0.1) is 0 Å². The number of carbonyl (C=O) groups is 2. The van der Waals surface area contributed by atoms with Crippen molar-refractivity contribution < 1.29 is 24.5 Å². The molecule has 0 unspecified atom stereocenters. The number of ether oxygens (including phenoxy) is 1. The van der Waals surface area contributed by atoms with Gasteiger partial charge in [0.25, 0.3) is 5.60 Å². The Labute approximate surface area is 91.8 Å². The molecule has 1 aliphatic rings. The highest BCUT2D eigenvalue weighted by Gasteiger charge is 2.53. The first-order valence-corrected chi connectivity index (χ1v) is 5.81. The summed E-state index contributed by atoms with van der Waals surface area (Å²) in [5.41, 5.74) is -2.07. The first-order valence-electron chi connectivity index (χ1n) is 4.65. The number of carboxylic acid groups (broad SMARTS) is 2. The fraction of sp³-hybridized carbons (Fsp3) is 0.778. The number of hydrogen-bond donors (Lipinski definition) is 2. The van der Waals surface area contributed by atoms with Gasteiger partial charge in [0, 0.05) is 13.0 Å². The van der Waals surface area contributed by atoms with Crippen molar-refractivity contribution >= 4 is 23.7 Å². The van der Waals surface area contributed by atoms with Crippen molar-refractivity contribution in [3.63, 3.8) is 0 Å². The second-order valence-electron chi connectivity index (χ2n) is 3.44. The van der Waals surface area contributed by atoms with Crippen LogP contribution in [0.4, 0.5) is 0 Å². The molecule has 1 rings (SSSR count). The van der Waals surface area contributed by atoms with Gasteiger partial charge in [-0.1, -0.05) is 0 Å². The predicted octanol–water partition coefficient (Wildman–Crippen LogP) is 0.684. The lowest BCUT2D eigenvalue weighted by molar-refractivity contribution is -0.187. The molecule has 0 aromatic rings. The number of methoxy groups -OCH3 is 1. The maximum absolute atomic E-state index is 11.1. The molecule has 2 N–H and O–H groups in total. The summed E-state index contributed by atoms with van der Waals surface area (Å²) in [5.74, 6) is -1.69. The molecule has 5 nitrogen and oxygen atoms in total. The molecule has 6 heteroatoms. The molecule has 0 spiro atoms. The van der Waals surface area contributed by atoms with Crippen LogP contribution in [0, 0.1) is 5.92 Å². The van der Waals surface area contributed by atoms with Crippen molar-refractivity contribution in [1.29, 1.82) is 0 Å². The standard InChI is InChI=1S/C9H14O5S/c1-14-9(7(10)11,8(12)13)6-2-4-15-5-3-6/h6H,2-5H2,1H3,(H,10,11)(H,12,13). The van der Waals surface area contributed by atoms with Crippen molar-refractivity contribution in [3.05, 3.63) is 0 Å². The maximum Gasteiger partial charge on any atom is 0.348 e. The van der Waals surface area contributed by atoms with Crippen LogP contribution in [-0.2, 0) is 14.3 Å². The molecule has 1 saturated heterocycles. The second kappa shape index (κ2) is 4.85. The third-order valence-electron chi connectivity index (χ3n) is 2.75. The van der Waals surface area contributed by atoms with E-state index in [-0.39, 0.29) is 0 Å². The smallest absolute Gasteiger partial charge is 0.348 e. The minimum atomic E-state index is -2.07. The van der Waals surface area contributed by atoms with Crippen LogP contribution >= 0.6 is 11.8 Å². The van der Waals surface area contributed by atoms with Crippen LogP contribution in [0.15, 0.2) is 0 Å². The van der Waals surface area contributed by atoms with Crippen molar-refractivity contribution in [2.24, 2.45) is 5.92 Å². The van der Waals surface area contributed by atoms with Gasteiger partial charge in [0.2, 0.25) is 0 Å². The zero-order chi connectivity index (χ0) is 11.5. The Bertz CT molecular complexity index is 245. The van der Waals surface area contributed by atoms with Crippen molar-refractivity contribution in [1.82, 2.24) is 0 Å². The predicted molar refractivity (Wildman–Crippen MR) is 55.1 cm³/mol. The second-order valence-corrected chi connectivity index (χ2v) is 4.66. The Kier molecular flexibility index (Phi) is 3.98. The highest BCUT2D eigenvalue weighted by molar-refractivity contribution is 7.99. The lowest BCUT2D eigenvalue weighted by Crippen LogP contribution is -2.55. The van der Waals surface area contributed by atoms with Crippen LogP contribution in [-0.4, -0.2) is 46.4 Å². The van der Waals surface area contributed by atoms with Crippen molar-refractivity contribution in [2.45, 2.75) is 18.4 Å². The van der Waals surface area contributed by atoms with Gasteiger partial charge >= 0.3 is 11.9 Å². The van der Waals surface area contributed by atoms with E-state index in [1.807, 2.05) is 0 Å². The van der Waals surface area contributed by atoms with Crippen LogP contribution < -0.4 is 0 Å². The summed E-state index contributed by atoms with van der Waals surface area (Å²) in [7, 11) is 1.14. The van der Waals surface area contributed by atoms with Crippen LogP contribution in [0.3, 0.4) is 0 Å². The summed E-state index contributed by atoms with van der Waals surface area (Å²) < 4.78 is 4.79. The lowest BCUT2D eigenvalue weighted by atomic mass is 9.83. The van der Waals surface area contributed by atoms with Crippen LogP contribution in [0.2, 0.25) is 0 Å². The molecule has 15 heavy (non-hydrogen) atoms. The van der Waals surface area contributed by atoms with Gasteiger partial charge in [-0.2, -0.15) is 11.8 Å². The molecule has 1 aliphatic heterocycles. The Morgan fingerprint density at radius 3 is 2.07 bits per heavy atom. The summed E-state index contributed by atoms with van der Waals surface area (Å²) in [4.78, 5) is 22.2. The zero-order valence-corrected chi connectivity index (χ0v) is 9.25. The van der Waals surface area contributed by atoms with E-state index in [0.717, 1.165) is 18.6 Å². The quantitative estimate of drug-likeness (QED) is 0.696. The summed E-state index contributed by atoms with van der Waals surface area (Å²) in [6.45, 7) is 0. The van der Waals surface area contributed by atoms with E-state index in [9.17, 15) is 9.59 Å².